The Balaban J connectivity index is 1.51. The van der Waals surface area contributed by atoms with Gasteiger partial charge in [-0.15, -0.1) is 0 Å². The van der Waals surface area contributed by atoms with Crippen LogP contribution in [0.15, 0.2) is 54.6 Å². The Kier molecular flexibility index (Phi) is 7.42. The van der Waals surface area contributed by atoms with E-state index >= 15 is 0 Å². The first-order valence-corrected chi connectivity index (χ1v) is 10.4. The number of benzene rings is 2. The lowest BCUT2D eigenvalue weighted by atomic mass is 9.89. The summed E-state index contributed by atoms with van der Waals surface area (Å²) in [6.45, 7) is 4.26. The zero-order valence-electron chi connectivity index (χ0n) is 17.2. The molecule has 3 unspecified atom stereocenters. The highest BCUT2D eigenvalue weighted by molar-refractivity contribution is 6.04. The molecule has 2 N–H and O–H groups in total. The molecule has 29 heavy (non-hydrogen) atoms. The van der Waals surface area contributed by atoms with Crippen LogP contribution in [0.3, 0.4) is 0 Å². The minimum atomic E-state index is -0.176. The second-order valence-electron chi connectivity index (χ2n) is 7.94. The van der Waals surface area contributed by atoms with Crippen LogP contribution >= 0.6 is 0 Å². The van der Waals surface area contributed by atoms with E-state index in [-0.39, 0.29) is 30.6 Å². The van der Waals surface area contributed by atoms with E-state index in [1.54, 1.807) is 12.1 Å². The number of hydrogen-bond donors (Lipinski definition) is 2. The van der Waals surface area contributed by atoms with Crippen molar-refractivity contribution in [3.05, 3.63) is 65.7 Å². The van der Waals surface area contributed by atoms with Crippen molar-refractivity contribution in [1.82, 2.24) is 5.32 Å². The van der Waals surface area contributed by atoms with Crippen LogP contribution in [0, 0.1) is 5.92 Å². The average molecular weight is 395 g/mol. The van der Waals surface area contributed by atoms with Crippen molar-refractivity contribution in [2.45, 2.75) is 51.7 Å². The summed E-state index contributed by atoms with van der Waals surface area (Å²) in [7, 11) is 0. The fraction of sp³-hybridized carbons (Fsp3) is 0.417. The number of rotatable bonds is 7. The van der Waals surface area contributed by atoms with Gasteiger partial charge in [0.05, 0.1) is 12.1 Å². The minimum Gasteiger partial charge on any atom is -0.368 e. The maximum atomic E-state index is 12.3. The van der Waals surface area contributed by atoms with Gasteiger partial charge in [0.1, 0.15) is 6.61 Å². The Morgan fingerprint density at radius 1 is 1.10 bits per heavy atom. The van der Waals surface area contributed by atoms with Crippen molar-refractivity contribution in [3.8, 4) is 0 Å². The van der Waals surface area contributed by atoms with E-state index in [9.17, 15) is 9.59 Å². The van der Waals surface area contributed by atoms with E-state index in [0.717, 1.165) is 18.4 Å². The van der Waals surface area contributed by atoms with Crippen LogP contribution in [0.4, 0.5) is 5.69 Å². The fourth-order valence-corrected chi connectivity index (χ4v) is 3.77. The fourth-order valence-electron chi connectivity index (χ4n) is 3.77. The van der Waals surface area contributed by atoms with Gasteiger partial charge < -0.3 is 15.4 Å². The summed E-state index contributed by atoms with van der Waals surface area (Å²) in [6.07, 6.45) is 4.69. The van der Waals surface area contributed by atoms with Crippen LogP contribution in [0.2, 0.25) is 0 Å². The number of amides is 2. The average Bonchev–Trinajstić information content (AvgIpc) is 2.73. The molecular formula is C24H30N2O3. The van der Waals surface area contributed by atoms with Gasteiger partial charge >= 0.3 is 0 Å². The molecule has 0 saturated heterocycles. The first kappa shape index (κ1) is 21.1. The molecule has 0 bridgehead atoms. The van der Waals surface area contributed by atoms with E-state index in [1.807, 2.05) is 49.4 Å². The van der Waals surface area contributed by atoms with Crippen molar-refractivity contribution in [1.29, 1.82) is 0 Å². The first-order valence-electron chi connectivity index (χ1n) is 10.4. The first-order chi connectivity index (χ1) is 14.0. The molecule has 1 fully saturated rings. The lowest BCUT2D eigenvalue weighted by Crippen LogP contribution is -2.33. The van der Waals surface area contributed by atoms with Crippen LogP contribution < -0.4 is 10.6 Å². The Labute approximate surface area is 172 Å². The zero-order valence-corrected chi connectivity index (χ0v) is 17.2. The molecule has 1 saturated carbocycles. The van der Waals surface area contributed by atoms with Crippen LogP contribution in [0.5, 0.6) is 0 Å². The Morgan fingerprint density at radius 3 is 2.66 bits per heavy atom. The lowest BCUT2D eigenvalue weighted by Gasteiger charge is -2.26. The maximum Gasteiger partial charge on any atom is 0.255 e. The van der Waals surface area contributed by atoms with E-state index in [0.29, 0.717) is 17.2 Å². The van der Waals surface area contributed by atoms with Crippen LogP contribution in [0.25, 0.3) is 0 Å². The van der Waals surface area contributed by atoms with E-state index in [2.05, 4.69) is 17.6 Å². The number of carbonyl (C=O) groups is 2. The van der Waals surface area contributed by atoms with E-state index in [4.69, 9.17) is 4.74 Å². The molecule has 5 heteroatoms. The third-order valence-corrected chi connectivity index (χ3v) is 5.40. The summed E-state index contributed by atoms with van der Waals surface area (Å²) in [5.41, 5.74) is 2.23. The van der Waals surface area contributed by atoms with Crippen LogP contribution in [0.1, 0.15) is 61.5 Å². The molecule has 0 radical (unpaired) electrons. The molecule has 2 amide bonds. The Bertz CT molecular complexity index is 822. The predicted molar refractivity (Wildman–Crippen MR) is 115 cm³/mol. The number of carbonyl (C=O) groups excluding carboxylic acids is 2. The highest BCUT2D eigenvalue weighted by atomic mass is 16.5. The second kappa shape index (κ2) is 10.2. The second-order valence-corrected chi connectivity index (χ2v) is 7.94. The summed E-state index contributed by atoms with van der Waals surface area (Å²) in [5, 5.41) is 5.89. The summed E-state index contributed by atoms with van der Waals surface area (Å²) in [5.74, 6) is 0.397. The van der Waals surface area contributed by atoms with Gasteiger partial charge in [0.25, 0.3) is 5.91 Å². The highest BCUT2D eigenvalue weighted by Gasteiger charge is 2.20. The van der Waals surface area contributed by atoms with Gasteiger partial charge in [0, 0.05) is 11.3 Å². The molecule has 3 rings (SSSR count). The summed E-state index contributed by atoms with van der Waals surface area (Å²) in [4.78, 5) is 24.6. The molecule has 2 aromatic carbocycles. The molecule has 3 atom stereocenters. The summed E-state index contributed by atoms with van der Waals surface area (Å²) in [6, 6.07) is 16.4. The van der Waals surface area contributed by atoms with Crippen LogP contribution in [-0.2, 0) is 9.53 Å². The normalized spacial score (nSPS) is 19.9. The van der Waals surface area contributed by atoms with Gasteiger partial charge in [-0.2, -0.15) is 0 Å². The molecule has 0 aromatic heterocycles. The number of nitrogens with one attached hydrogen (secondary N) is 2. The standard InChI is InChI=1S/C24H30N2O3/c1-17-8-6-13-22(14-17)29-16-23(27)25-18(2)20-11-7-12-21(15-20)26-24(28)19-9-4-3-5-10-19/h3-5,7,9-12,15,17-18,22H,6,8,13-14,16H2,1-2H3,(H,25,27)(H,26,28). The van der Waals surface area contributed by atoms with Gasteiger partial charge in [-0.05, 0) is 55.5 Å². The largest absolute Gasteiger partial charge is 0.368 e. The van der Waals surface area contributed by atoms with Crippen molar-refractivity contribution in [3.63, 3.8) is 0 Å². The molecule has 154 valence electrons. The number of ether oxygens (including phenoxy) is 1. The Hall–Kier alpha value is -2.66. The monoisotopic (exact) mass is 394 g/mol. The third-order valence-electron chi connectivity index (χ3n) is 5.40. The number of hydrogen-bond acceptors (Lipinski definition) is 3. The van der Waals surface area contributed by atoms with E-state index < -0.39 is 0 Å². The van der Waals surface area contributed by atoms with Gasteiger partial charge in [-0.1, -0.05) is 50.1 Å². The maximum absolute atomic E-state index is 12.3. The van der Waals surface area contributed by atoms with E-state index in [1.165, 1.54) is 12.8 Å². The smallest absolute Gasteiger partial charge is 0.255 e. The minimum absolute atomic E-state index is 0.0894. The molecule has 5 nitrogen and oxygen atoms in total. The SMILES string of the molecule is CC1CCCC(OCC(=O)NC(C)c2cccc(NC(=O)c3ccccc3)c2)C1. The van der Waals surface area contributed by atoms with Gasteiger partial charge in [0.15, 0.2) is 0 Å². The van der Waals surface area contributed by atoms with Gasteiger partial charge in [-0.3, -0.25) is 9.59 Å². The molecule has 1 aliphatic carbocycles. The molecule has 2 aromatic rings. The molecule has 0 heterocycles. The molecular weight excluding hydrogens is 364 g/mol. The highest BCUT2D eigenvalue weighted by Crippen LogP contribution is 2.25. The summed E-state index contributed by atoms with van der Waals surface area (Å²) >= 11 is 0. The lowest BCUT2D eigenvalue weighted by molar-refractivity contribution is -0.129. The van der Waals surface area contributed by atoms with Crippen molar-refractivity contribution in [2.75, 3.05) is 11.9 Å². The molecule has 0 aliphatic heterocycles. The number of anilines is 1. The van der Waals surface area contributed by atoms with Crippen LogP contribution in [-0.4, -0.2) is 24.5 Å². The predicted octanol–water partition coefficient (Wildman–Crippen LogP) is 4.71. The quantitative estimate of drug-likeness (QED) is 0.715. The third kappa shape index (κ3) is 6.43. The topological polar surface area (TPSA) is 67.4 Å². The van der Waals surface area contributed by atoms with Gasteiger partial charge in [-0.25, -0.2) is 0 Å². The van der Waals surface area contributed by atoms with Gasteiger partial charge in [0.2, 0.25) is 5.91 Å². The summed E-state index contributed by atoms with van der Waals surface area (Å²) < 4.78 is 5.81. The molecule has 0 spiro atoms. The zero-order chi connectivity index (χ0) is 20.6. The Morgan fingerprint density at radius 2 is 1.90 bits per heavy atom. The van der Waals surface area contributed by atoms with Crippen molar-refractivity contribution < 1.29 is 14.3 Å². The molecule has 1 aliphatic rings. The van der Waals surface area contributed by atoms with Crippen molar-refractivity contribution in [2.24, 2.45) is 5.92 Å². The van der Waals surface area contributed by atoms with Crippen molar-refractivity contribution >= 4 is 17.5 Å².